The second-order valence-corrected chi connectivity index (χ2v) is 6.25. The van der Waals surface area contributed by atoms with Gasteiger partial charge in [-0.2, -0.15) is 0 Å². The largest absolute Gasteiger partial charge is 0.497 e. The fourth-order valence-corrected chi connectivity index (χ4v) is 3.32. The lowest BCUT2D eigenvalue weighted by molar-refractivity contribution is -0.136. The highest BCUT2D eigenvalue weighted by molar-refractivity contribution is 9.10. The normalized spacial score (nSPS) is 10.9. The van der Waals surface area contributed by atoms with Crippen LogP contribution in [0.15, 0.2) is 40.9 Å². The lowest BCUT2D eigenvalue weighted by Crippen LogP contribution is -2.01. The molecule has 23 heavy (non-hydrogen) atoms. The summed E-state index contributed by atoms with van der Waals surface area (Å²) in [5.41, 5.74) is 4.49. The van der Waals surface area contributed by atoms with E-state index in [-0.39, 0.29) is 6.42 Å². The molecule has 0 amide bonds. The van der Waals surface area contributed by atoms with Crippen molar-refractivity contribution in [1.82, 2.24) is 4.98 Å². The quantitative estimate of drug-likeness (QED) is 0.705. The van der Waals surface area contributed by atoms with Crippen LogP contribution in [-0.4, -0.2) is 23.2 Å². The van der Waals surface area contributed by atoms with Crippen LogP contribution in [0.4, 0.5) is 0 Å². The van der Waals surface area contributed by atoms with Gasteiger partial charge in [-0.25, -0.2) is 0 Å². The number of aliphatic carboxylic acids is 1. The Morgan fingerprint density at radius 2 is 2.04 bits per heavy atom. The molecule has 3 aromatic rings. The molecule has 0 atom stereocenters. The molecule has 0 aliphatic heterocycles. The van der Waals surface area contributed by atoms with Crippen LogP contribution in [0.1, 0.15) is 11.1 Å². The van der Waals surface area contributed by atoms with Crippen molar-refractivity contribution in [3.05, 3.63) is 52.0 Å². The van der Waals surface area contributed by atoms with E-state index in [0.29, 0.717) is 0 Å². The minimum atomic E-state index is -0.861. The number of fused-ring (bicyclic) bond motifs is 1. The first kappa shape index (κ1) is 15.6. The number of nitrogens with one attached hydrogen (secondary N) is 1. The second kappa shape index (κ2) is 6.08. The number of methoxy groups -OCH3 is 1. The van der Waals surface area contributed by atoms with Crippen LogP contribution in [0.25, 0.3) is 22.2 Å². The van der Waals surface area contributed by atoms with Crippen molar-refractivity contribution in [2.24, 2.45) is 0 Å². The summed E-state index contributed by atoms with van der Waals surface area (Å²) in [6, 6.07) is 11.6. The van der Waals surface area contributed by atoms with E-state index in [1.165, 1.54) is 0 Å². The van der Waals surface area contributed by atoms with Crippen molar-refractivity contribution >= 4 is 32.8 Å². The monoisotopic (exact) mass is 373 g/mol. The maximum atomic E-state index is 11.4. The van der Waals surface area contributed by atoms with Gasteiger partial charge in [-0.05, 0) is 36.2 Å². The van der Waals surface area contributed by atoms with Gasteiger partial charge < -0.3 is 14.8 Å². The summed E-state index contributed by atoms with van der Waals surface area (Å²) in [7, 11) is 1.61. The Balaban J connectivity index is 2.35. The Morgan fingerprint density at radius 1 is 1.30 bits per heavy atom. The van der Waals surface area contributed by atoms with E-state index in [1.807, 2.05) is 43.3 Å². The minimum absolute atomic E-state index is 0.0523. The number of aromatic nitrogens is 1. The molecule has 0 fully saturated rings. The standard InChI is InChI=1S/C18H16BrNO3/c1-10-7-11(23-2)8-13-14(9-16(21)22)18(20-17(10)13)12-5-3-4-6-15(12)19/h3-8,20H,9H2,1-2H3,(H,21,22). The molecule has 1 aromatic heterocycles. The van der Waals surface area contributed by atoms with E-state index < -0.39 is 5.97 Å². The smallest absolute Gasteiger partial charge is 0.307 e. The van der Waals surface area contributed by atoms with Gasteiger partial charge >= 0.3 is 5.97 Å². The minimum Gasteiger partial charge on any atom is -0.497 e. The fourth-order valence-electron chi connectivity index (χ4n) is 2.84. The van der Waals surface area contributed by atoms with Gasteiger partial charge in [0, 0.05) is 20.9 Å². The molecule has 0 unspecified atom stereocenters. The molecule has 0 radical (unpaired) electrons. The molecule has 2 aromatic carbocycles. The zero-order chi connectivity index (χ0) is 16.6. The van der Waals surface area contributed by atoms with Crippen molar-refractivity contribution in [2.45, 2.75) is 13.3 Å². The van der Waals surface area contributed by atoms with Crippen molar-refractivity contribution < 1.29 is 14.6 Å². The van der Waals surface area contributed by atoms with E-state index in [0.717, 1.165) is 43.5 Å². The predicted molar refractivity (Wildman–Crippen MR) is 94.1 cm³/mol. The SMILES string of the molecule is COc1cc(C)c2[nH]c(-c3ccccc3Br)c(CC(=O)O)c2c1. The number of benzene rings is 2. The molecule has 1 heterocycles. The summed E-state index contributed by atoms with van der Waals surface area (Å²) >= 11 is 3.55. The van der Waals surface area contributed by atoms with Gasteiger partial charge in [0.25, 0.3) is 0 Å². The molecular weight excluding hydrogens is 358 g/mol. The fraction of sp³-hybridized carbons (Fsp3) is 0.167. The Morgan fingerprint density at radius 3 is 2.70 bits per heavy atom. The van der Waals surface area contributed by atoms with Gasteiger partial charge in [0.15, 0.2) is 0 Å². The Kier molecular flexibility index (Phi) is 4.13. The Labute approximate surface area is 142 Å². The number of carboxylic acids is 1. The summed E-state index contributed by atoms with van der Waals surface area (Å²) in [5.74, 6) is -0.140. The lowest BCUT2D eigenvalue weighted by atomic mass is 10.0. The van der Waals surface area contributed by atoms with Crippen LogP contribution in [0.5, 0.6) is 5.75 Å². The van der Waals surface area contributed by atoms with Crippen LogP contribution in [0.3, 0.4) is 0 Å². The average molecular weight is 374 g/mol. The third kappa shape index (κ3) is 2.84. The van der Waals surface area contributed by atoms with Crippen LogP contribution >= 0.6 is 15.9 Å². The van der Waals surface area contributed by atoms with Crippen molar-refractivity contribution in [3.63, 3.8) is 0 Å². The molecule has 118 valence electrons. The zero-order valence-electron chi connectivity index (χ0n) is 12.8. The van der Waals surface area contributed by atoms with Crippen LogP contribution in [0, 0.1) is 6.92 Å². The van der Waals surface area contributed by atoms with E-state index >= 15 is 0 Å². The molecule has 3 rings (SSSR count). The summed E-state index contributed by atoms with van der Waals surface area (Å²) in [6.45, 7) is 1.98. The highest BCUT2D eigenvalue weighted by Crippen LogP contribution is 2.37. The van der Waals surface area contributed by atoms with E-state index in [2.05, 4.69) is 20.9 Å². The molecule has 0 bridgehead atoms. The molecule has 0 saturated heterocycles. The number of carboxylic acid groups (broad SMARTS) is 1. The number of H-pyrrole nitrogens is 1. The molecule has 0 saturated carbocycles. The lowest BCUT2D eigenvalue weighted by Gasteiger charge is -2.06. The summed E-state index contributed by atoms with van der Waals surface area (Å²) in [6.07, 6.45) is -0.0523. The Bertz CT molecular complexity index is 899. The number of carbonyl (C=O) groups is 1. The summed E-state index contributed by atoms with van der Waals surface area (Å²) in [5, 5.41) is 10.2. The highest BCUT2D eigenvalue weighted by atomic mass is 79.9. The van der Waals surface area contributed by atoms with Crippen molar-refractivity contribution in [1.29, 1.82) is 0 Å². The molecule has 0 spiro atoms. The van der Waals surface area contributed by atoms with Crippen molar-refractivity contribution in [2.75, 3.05) is 7.11 Å². The molecule has 4 nitrogen and oxygen atoms in total. The first-order valence-corrected chi connectivity index (χ1v) is 7.96. The number of rotatable bonds is 4. The highest BCUT2D eigenvalue weighted by Gasteiger charge is 2.19. The average Bonchev–Trinajstić information content (AvgIpc) is 2.86. The number of ether oxygens (including phenoxy) is 1. The molecule has 2 N–H and O–H groups in total. The van der Waals surface area contributed by atoms with Gasteiger partial charge in [-0.3, -0.25) is 4.79 Å². The number of halogens is 1. The topological polar surface area (TPSA) is 62.3 Å². The maximum Gasteiger partial charge on any atom is 0.307 e. The third-order valence-electron chi connectivity index (χ3n) is 3.89. The summed E-state index contributed by atoms with van der Waals surface area (Å²) in [4.78, 5) is 14.8. The van der Waals surface area contributed by atoms with Crippen LogP contribution < -0.4 is 4.74 Å². The van der Waals surface area contributed by atoms with Crippen LogP contribution in [0.2, 0.25) is 0 Å². The van der Waals surface area contributed by atoms with Gasteiger partial charge in [0.05, 0.1) is 19.2 Å². The van der Waals surface area contributed by atoms with E-state index in [1.54, 1.807) is 7.11 Å². The first-order chi connectivity index (χ1) is 11.0. The Hall–Kier alpha value is -2.27. The van der Waals surface area contributed by atoms with Gasteiger partial charge in [-0.15, -0.1) is 0 Å². The predicted octanol–water partition coefficient (Wildman–Crippen LogP) is 4.54. The van der Waals surface area contributed by atoms with Gasteiger partial charge in [-0.1, -0.05) is 34.1 Å². The van der Waals surface area contributed by atoms with E-state index in [4.69, 9.17) is 4.74 Å². The molecular formula is C18H16BrNO3. The van der Waals surface area contributed by atoms with Gasteiger partial charge in [0.1, 0.15) is 5.75 Å². The van der Waals surface area contributed by atoms with Gasteiger partial charge in [0.2, 0.25) is 0 Å². The second-order valence-electron chi connectivity index (χ2n) is 5.40. The number of hydrogen-bond donors (Lipinski definition) is 2. The molecule has 0 aliphatic rings. The van der Waals surface area contributed by atoms with E-state index in [9.17, 15) is 9.90 Å². The third-order valence-corrected chi connectivity index (χ3v) is 4.58. The molecule has 0 aliphatic carbocycles. The number of aromatic amines is 1. The summed E-state index contributed by atoms with van der Waals surface area (Å²) < 4.78 is 6.25. The first-order valence-electron chi connectivity index (χ1n) is 7.17. The zero-order valence-corrected chi connectivity index (χ0v) is 14.4. The maximum absolute atomic E-state index is 11.4. The van der Waals surface area contributed by atoms with Crippen molar-refractivity contribution in [3.8, 4) is 17.0 Å². The molecule has 5 heteroatoms. The number of hydrogen-bond acceptors (Lipinski definition) is 2. The van der Waals surface area contributed by atoms with Crippen LogP contribution in [-0.2, 0) is 11.2 Å². The number of aryl methyl sites for hydroxylation is 1.